The van der Waals surface area contributed by atoms with E-state index in [-0.39, 0.29) is 0 Å². The highest BCUT2D eigenvalue weighted by Gasteiger charge is 1.60. The second-order valence-corrected chi connectivity index (χ2v) is 1.25. The van der Waals surface area contributed by atoms with Crippen molar-refractivity contribution in [3.8, 4) is 0 Å². The summed E-state index contributed by atoms with van der Waals surface area (Å²) in [6.45, 7) is 0. The van der Waals surface area contributed by atoms with E-state index in [1.807, 2.05) is 0 Å². The molecule has 2 heteroatoms. The van der Waals surface area contributed by atoms with Crippen LogP contribution >= 0.6 is 0 Å². The van der Waals surface area contributed by atoms with Crippen LogP contribution in [0.2, 0.25) is 0 Å². The van der Waals surface area contributed by atoms with Gasteiger partial charge in [0.05, 0.1) is 6.26 Å². The smallest absolute Gasteiger partial charge is 0.142 e. The number of allylic oxidation sites excluding steroid dienone is 5. The van der Waals surface area contributed by atoms with Gasteiger partial charge in [-0.25, -0.2) is 0 Å². The molecule has 0 atom stereocenters. The van der Waals surface area contributed by atoms with Crippen LogP contribution in [0.15, 0.2) is 36.6 Å². The van der Waals surface area contributed by atoms with E-state index in [9.17, 15) is 4.79 Å². The summed E-state index contributed by atoms with van der Waals surface area (Å²) in [6, 6.07) is 0. The minimum absolute atomic E-state index is 0.688. The van der Waals surface area contributed by atoms with Gasteiger partial charge in [-0.05, 0) is 12.2 Å². The van der Waals surface area contributed by atoms with E-state index in [0.29, 0.717) is 6.29 Å². The Hall–Kier alpha value is -1.31. The van der Waals surface area contributed by atoms with Gasteiger partial charge in [0.2, 0.25) is 0 Å². The predicted octanol–water partition coefficient (Wildman–Crippen LogP) is 1.37. The van der Waals surface area contributed by atoms with Gasteiger partial charge in [0.15, 0.2) is 0 Å². The lowest BCUT2D eigenvalue weighted by Gasteiger charge is -1.68. The van der Waals surface area contributed by atoms with Crippen LogP contribution in [-0.2, 0) is 4.79 Å². The normalized spacial score (nSPS) is 12.0. The Bertz CT molecular complexity index is 143. The highest BCUT2D eigenvalue weighted by atomic mass is 16.2. The molecule has 0 aromatic heterocycles. The fourth-order valence-electron chi connectivity index (χ4n) is 0.288. The Morgan fingerprint density at radius 2 is 1.44 bits per heavy atom. The maximum atomic E-state index is 9.65. The fraction of sp³-hybridized carbons (Fsp3) is 0. The molecule has 0 aromatic rings. The number of hydrogen-bond acceptors (Lipinski definition) is 2. The number of hydrogen-bond donors (Lipinski definition) is 1. The zero-order valence-electron chi connectivity index (χ0n) is 4.90. The lowest BCUT2D eigenvalue weighted by atomic mass is 10.4. The van der Waals surface area contributed by atoms with Crippen molar-refractivity contribution >= 4 is 6.29 Å². The van der Waals surface area contributed by atoms with Crippen LogP contribution in [0.3, 0.4) is 0 Å². The van der Waals surface area contributed by atoms with Crippen LogP contribution in [-0.4, -0.2) is 11.4 Å². The molecule has 0 amide bonds. The average molecular weight is 124 g/mol. The molecule has 0 bridgehead atoms. The quantitative estimate of drug-likeness (QED) is 0.267. The number of aliphatic hydroxyl groups excluding tert-OH is 1. The molecular weight excluding hydrogens is 116 g/mol. The van der Waals surface area contributed by atoms with Gasteiger partial charge < -0.3 is 5.11 Å². The molecule has 0 saturated heterocycles. The Morgan fingerprint density at radius 1 is 0.889 bits per heavy atom. The van der Waals surface area contributed by atoms with Gasteiger partial charge in [-0.15, -0.1) is 0 Å². The number of carbonyl (C=O) groups is 1. The van der Waals surface area contributed by atoms with Gasteiger partial charge in [0, 0.05) is 0 Å². The first-order valence-electron chi connectivity index (χ1n) is 2.49. The van der Waals surface area contributed by atoms with Crippen LogP contribution < -0.4 is 0 Å². The lowest BCUT2D eigenvalue weighted by Crippen LogP contribution is -1.55. The molecule has 0 fully saturated rings. The third-order valence-corrected chi connectivity index (χ3v) is 0.609. The van der Waals surface area contributed by atoms with Gasteiger partial charge in [-0.3, -0.25) is 4.79 Å². The second-order valence-electron chi connectivity index (χ2n) is 1.25. The molecule has 0 unspecified atom stereocenters. The van der Waals surface area contributed by atoms with E-state index < -0.39 is 0 Å². The van der Waals surface area contributed by atoms with Crippen LogP contribution in [0.1, 0.15) is 0 Å². The maximum absolute atomic E-state index is 9.65. The van der Waals surface area contributed by atoms with Crippen LogP contribution in [0.25, 0.3) is 0 Å². The van der Waals surface area contributed by atoms with Crippen molar-refractivity contribution in [1.29, 1.82) is 0 Å². The standard InChI is InChI=1S/C7H8O2/c8-6-4-2-1-3-5-7-9/h1-8H/b2-1+,5-3+,6-4+. The molecule has 0 aliphatic rings. The van der Waals surface area contributed by atoms with Crippen LogP contribution in [0, 0.1) is 0 Å². The van der Waals surface area contributed by atoms with E-state index in [1.54, 1.807) is 18.2 Å². The van der Waals surface area contributed by atoms with Gasteiger partial charge in [-0.2, -0.15) is 0 Å². The highest BCUT2D eigenvalue weighted by molar-refractivity contribution is 5.65. The largest absolute Gasteiger partial charge is 0.516 e. The number of aldehydes is 1. The topological polar surface area (TPSA) is 37.3 Å². The Kier molecular flexibility index (Phi) is 5.72. The SMILES string of the molecule is O=C/C=C/C=C/C=C/O. The third kappa shape index (κ3) is 6.69. The maximum Gasteiger partial charge on any atom is 0.142 e. The summed E-state index contributed by atoms with van der Waals surface area (Å²) in [7, 11) is 0. The number of aliphatic hydroxyl groups is 1. The third-order valence-electron chi connectivity index (χ3n) is 0.609. The molecule has 9 heavy (non-hydrogen) atoms. The van der Waals surface area contributed by atoms with Crippen molar-refractivity contribution in [2.24, 2.45) is 0 Å². The zero-order valence-corrected chi connectivity index (χ0v) is 4.90. The molecular formula is C7H8O2. The van der Waals surface area contributed by atoms with Gasteiger partial charge in [0.1, 0.15) is 6.29 Å². The minimum Gasteiger partial charge on any atom is -0.516 e. The van der Waals surface area contributed by atoms with Gasteiger partial charge >= 0.3 is 0 Å². The van der Waals surface area contributed by atoms with Crippen molar-refractivity contribution in [1.82, 2.24) is 0 Å². The summed E-state index contributed by atoms with van der Waals surface area (Å²) in [6.07, 6.45) is 9.25. The Morgan fingerprint density at radius 3 is 2.00 bits per heavy atom. The van der Waals surface area contributed by atoms with E-state index in [2.05, 4.69) is 0 Å². The van der Waals surface area contributed by atoms with E-state index >= 15 is 0 Å². The minimum atomic E-state index is 0.688. The molecule has 0 heterocycles. The van der Waals surface area contributed by atoms with Gasteiger partial charge in [0.25, 0.3) is 0 Å². The van der Waals surface area contributed by atoms with E-state index in [1.165, 1.54) is 12.2 Å². The first kappa shape index (κ1) is 7.69. The summed E-state index contributed by atoms with van der Waals surface area (Å²) in [5.74, 6) is 0. The first-order chi connectivity index (χ1) is 4.41. The summed E-state index contributed by atoms with van der Waals surface area (Å²) in [5, 5.41) is 8.10. The van der Waals surface area contributed by atoms with Crippen molar-refractivity contribution < 1.29 is 9.90 Å². The molecule has 0 radical (unpaired) electrons. The van der Waals surface area contributed by atoms with Crippen molar-refractivity contribution in [2.45, 2.75) is 0 Å². The van der Waals surface area contributed by atoms with Crippen LogP contribution in [0.4, 0.5) is 0 Å². The summed E-state index contributed by atoms with van der Waals surface area (Å²) in [4.78, 5) is 9.65. The Balaban J connectivity index is 3.46. The predicted molar refractivity (Wildman–Crippen MR) is 36.1 cm³/mol. The summed E-state index contributed by atoms with van der Waals surface area (Å²) >= 11 is 0. The summed E-state index contributed by atoms with van der Waals surface area (Å²) < 4.78 is 0. The van der Waals surface area contributed by atoms with Crippen LogP contribution in [0.5, 0.6) is 0 Å². The molecule has 0 rings (SSSR count). The molecule has 48 valence electrons. The lowest BCUT2D eigenvalue weighted by molar-refractivity contribution is -0.104. The molecule has 0 spiro atoms. The first-order valence-corrected chi connectivity index (χ1v) is 2.49. The molecule has 1 N–H and O–H groups in total. The highest BCUT2D eigenvalue weighted by Crippen LogP contribution is 1.75. The monoisotopic (exact) mass is 124 g/mol. The molecule has 0 aliphatic carbocycles. The second kappa shape index (κ2) is 6.69. The number of carbonyl (C=O) groups excluding carboxylic acids is 1. The Labute approximate surface area is 53.8 Å². The van der Waals surface area contributed by atoms with Gasteiger partial charge in [-0.1, -0.05) is 18.2 Å². The van der Waals surface area contributed by atoms with E-state index in [0.717, 1.165) is 6.26 Å². The molecule has 0 aliphatic heterocycles. The van der Waals surface area contributed by atoms with Crippen molar-refractivity contribution in [3.05, 3.63) is 36.6 Å². The van der Waals surface area contributed by atoms with Crippen molar-refractivity contribution in [3.63, 3.8) is 0 Å². The fourth-order valence-corrected chi connectivity index (χ4v) is 0.288. The molecule has 2 nitrogen and oxygen atoms in total. The van der Waals surface area contributed by atoms with Crippen molar-refractivity contribution in [2.75, 3.05) is 0 Å². The average Bonchev–Trinajstić information content (AvgIpc) is 1.89. The zero-order chi connectivity index (χ0) is 6.95. The molecule has 0 saturated carbocycles. The molecule has 0 aromatic carbocycles. The number of rotatable bonds is 3. The summed E-state index contributed by atoms with van der Waals surface area (Å²) in [5.41, 5.74) is 0. The van der Waals surface area contributed by atoms with E-state index in [4.69, 9.17) is 5.11 Å².